The zero-order chi connectivity index (χ0) is 12.3. The Hall–Kier alpha value is -1.02. The molecule has 1 atom stereocenters. The number of hydrogen-bond donors (Lipinski definition) is 1. The number of benzene rings is 1. The third-order valence-corrected chi connectivity index (χ3v) is 3.70. The Kier molecular flexibility index (Phi) is 3.72. The second-order valence-electron chi connectivity index (χ2n) is 5.23. The van der Waals surface area contributed by atoms with Crippen LogP contribution in [0.4, 0.5) is 0 Å². The molecular weight excluding hydrogens is 212 g/mol. The maximum Gasteiger partial charge on any atom is 0.119 e. The Morgan fingerprint density at radius 2 is 1.94 bits per heavy atom. The van der Waals surface area contributed by atoms with Gasteiger partial charge in [0.15, 0.2) is 0 Å². The minimum atomic E-state index is -0.699. The van der Waals surface area contributed by atoms with E-state index in [1.54, 1.807) is 0 Å². The summed E-state index contributed by atoms with van der Waals surface area (Å²) in [5.41, 5.74) is 0.295. The van der Waals surface area contributed by atoms with Gasteiger partial charge >= 0.3 is 0 Å². The summed E-state index contributed by atoms with van der Waals surface area (Å²) < 4.78 is 5.41. The minimum Gasteiger partial charge on any atom is -0.494 e. The van der Waals surface area contributed by atoms with E-state index in [9.17, 15) is 5.11 Å². The molecule has 0 bridgehead atoms. The molecule has 0 radical (unpaired) electrons. The van der Waals surface area contributed by atoms with Crippen LogP contribution in [0.1, 0.15) is 45.1 Å². The second kappa shape index (κ2) is 5.09. The molecule has 1 fully saturated rings. The molecule has 1 N–H and O–H groups in total. The van der Waals surface area contributed by atoms with Gasteiger partial charge in [-0.2, -0.15) is 0 Å². The van der Waals surface area contributed by atoms with Crippen LogP contribution < -0.4 is 4.74 Å². The summed E-state index contributed by atoms with van der Waals surface area (Å²) in [6.07, 6.45) is 4.74. The van der Waals surface area contributed by atoms with E-state index in [-0.39, 0.29) is 0 Å². The quantitative estimate of drug-likeness (QED) is 0.845. The molecule has 0 amide bonds. The lowest BCUT2D eigenvalue weighted by Gasteiger charge is -2.33. The molecule has 1 aliphatic rings. The van der Waals surface area contributed by atoms with Gasteiger partial charge in [0.05, 0.1) is 12.2 Å². The molecule has 2 heteroatoms. The zero-order valence-electron chi connectivity index (χ0n) is 10.8. The molecule has 1 aliphatic carbocycles. The van der Waals surface area contributed by atoms with Crippen molar-refractivity contribution in [3.8, 4) is 5.75 Å². The molecule has 1 unspecified atom stereocenters. The first-order valence-electron chi connectivity index (χ1n) is 6.57. The summed E-state index contributed by atoms with van der Waals surface area (Å²) in [5, 5.41) is 10.5. The molecule has 1 saturated carbocycles. The predicted molar refractivity (Wildman–Crippen MR) is 69.1 cm³/mol. The summed E-state index contributed by atoms with van der Waals surface area (Å²) in [5.74, 6) is 1.58. The van der Waals surface area contributed by atoms with Gasteiger partial charge in [0.25, 0.3) is 0 Å². The monoisotopic (exact) mass is 234 g/mol. The van der Waals surface area contributed by atoms with Crippen molar-refractivity contribution in [2.75, 3.05) is 6.61 Å². The van der Waals surface area contributed by atoms with E-state index >= 15 is 0 Å². The van der Waals surface area contributed by atoms with Gasteiger partial charge in [-0.3, -0.25) is 0 Å². The second-order valence-corrected chi connectivity index (χ2v) is 5.23. The summed E-state index contributed by atoms with van der Waals surface area (Å²) in [6, 6.07) is 7.83. The van der Waals surface area contributed by atoms with E-state index in [1.807, 2.05) is 38.1 Å². The average molecular weight is 234 g/mol. The van der Waals surface area contributed by atoms with Crippen LogP contribution in [-0.2, 0) is 5.60 Å². The third-order valence-electron chi connectivity index (χ3n) is 3.70. The van der Waals surface area contributed by atoms with Gasteiger partial charge in [0.2, 0.25) is 0 Å². The molecule has 2 nitrogen and oxygen atoms in total. The van der Waals surface area contributed by atoms with Crippen molar-refractivity contribution in [1.29, 1.82) is 0 Å². The first-order valence-corrected chi connectivity index (χ1v) is 6.57. The Morgan fingerprint density at radius 1 is 1.29 bits per heavy atom. The van der Waals surface area contributed by atoms with Gasteiger partial charge in [-0.25, -0.2) is 0 Å². The van der Waals surface area contributed by atoms with Crippen LogP contribution in [0.15, 0.2) is 24.3 Å². The average Bonchev–Trinajstić information content (AvgIpc) is 2.25. The van der Waals surface area contributed by atoms with Gasteiger partial charge < -0.3 is 9.84 Å². The van der Waals surface area contributed by atoms with Gasteiger partial charge in [-0.05, 0) is 43.9 Å². The fourth-order valence-corrected chi connectivity index (χ4v) is 2.45. The van der Waals surface area contributed by atoms with Gasteiger partial charge in [-0.15, -0.1) is 0 Å². The van der Waals surface area contributed by atoms with E-state index in [0.717, 1.165) is 17.7 Å². The zero-order valence-corrected chi connectivity index (χ0v) is 10.8. The number of aliphatic hydroxyl groups is 1. The highest BCUT2D eigenvalue weighted by Gasteiger charge is 2.30. The highest BCUT2D eigenvalue weighted by Crippen LogP contribution is 2.38. The molecule has 0 aromatic heterocycles. The molecule has 2 rings (SSSR count). The van der Waals surface area contributed by atoms with E-state index in [1.165, 1.54) is 19.3 Å². The number of hydrogen-bond acceptors (Lipinski definition) is 2. The van der Waals surface area contributed by atoms with E-state index in [0.29, 0.717) is 12.5 Å². The lowest BCUT2D eigenvalue weighted by atomic mass is 9.76. The SMILES string of the molecule is CCOc1ccc(C(C)(O)CC2CCC2)cc1. The fourth-order valence-electron chi connectivity index (χ4n) is 2.45. The van der Waals surface area contributed by atoms with Crippen LogP contribution in [-0.4, -0.2) is 11.7 Å². The maximum atomic E-state index is 10.5. The number of ether oxygens (including phenoxy) is 1. The smallest absolute Gasteiger partial charge is 0.119 e. The van der Waals surface area contributed by atoms with Crippen LogP contribution in [0.2, 0.25) is 0 Å². The van der Waals surface area contributed by atoms with Crippen LogP contribution >= 0.6 is 0 Å². The summed E-state index contributed by atoms with van der Waals surface area (Å²) >= 11 is 0. The van der Waals surface area contributed by atoms with E-state index < -0.39 is 5.60 Å². The lowest BCUT2D eigenvalue weighted by Crippen LogP contribution is -2.27. The van der Waals surface area contributed by atoms with Crippen LogP contribution in [0, 0.1) is 5.92 Å². The lowest BCUT2D eigenvalue weighted by molar-refractivity contribution is 0.0161. The van der Waals surface area contributed by atoms with Gasteiger partial charge in [0.1, 0.15) is 5.75 Å². The van der Waals surface area contributed by atoms with E-state index in [4.69, 9.17) is 4.74 Å². The molecule has 94 valence electrons. The first-order chi connectivity index (χ1) is 8.12. The summed E-state index contributed by atoms with van der Waals surface area (Å²) in [7, 11) is 0. The Bertz CT molecular complexity index is 350. The van der Waals surface area contributed by atoms with Crippen LogP contribution in [0.25, 0.3) is 0 Å². The third kappa shape index (κ3) is 3.01. The molecule has 1 aromatic rings. The largest absolute Gasteiger partial charge is 0.494 e. The first kappa shape index (κ1) is 12.4. The van der Waals surface area contributed by atoms with Crippen molar-refractivity contribution in [1.82, 2.24) is 0 Å². The summed E-state index contributed by atoms with van der Waals surface area (Å²) in [6.45, 7) is 4.57. The van der Waals surface area contributed by atoms with Crippen molar-refractivity contribution in [2.45, 2.75) is 45.1 Å². The number of rotatable bonds is 5. The Balaban J connectivity index is 2.03. The Morgan fingerprint density at radius 3 is 2.41 bits per heavy atom. The minimum absolute atomic E-state index is 0.678. The highest BCUT2D eigenvalue weighted by atomic mass is 16.5. The molecular formula is C15H22O2. The normalized spacial score (nSPS) is 19.5. The van der Waals surface area contributed by atoms with Crippen molar-refractivity contribution in [2.24, 2.45) is 5.92 Å². The highest BCUT2D eigenvalue weighted by molar-refractivity contribution is 5.30. The molecule has 0 saturated heterocycles. The molecule has 0 spiro atoms. The molecule has 1 aromatic carbocycles. The van der Waals surface area contributed by atoms with E-state index in [2.05, 4.69) is 0 Å². The topological polar surface area (TPSA) is 29.5 Å². The van der Waals surface area contributed by atoms with Crippen LogP contribution in [0.5, 0.6) is 5.75 Å². The van der Waals surface area contributed by atoms with Crippen molar-refractivity contribution in [3.05, 3.63) is 29.8 Å². The predicted octanol–water partition coefficient (Wildman–Crippen LogP) is 3.48. The summed E-state index contributed by atoms with van der Waals surface area (Å²) in [4.78, 5) is 0. The van der Waals surface area contributed by atoms with Gasteiger partial charge in [0, 0.05) is 0 Å². The standard InChI is InChI=1S/C15H22O2/c1-3-17-14-9-7-13(8-10-14)15(2,16)11-12-5-4-6-12/h7-10,12,16H,3-6,11H2,1-2H3. The molecule has 0 heterocycles. The van der Waals surface area contributed by atoms with Crippen LogP contribution in [0.3, 0.4) is 0 Å². The van der Waals surface area contributed by atoms with Crippen molar-refractivity contribution < 1.29 is 9.84 Å². The molecule has 17 heavy (non-hydrogen) atoms. The van der Waals surface area contributed by atoms with Gasteiger partial charge in [-0.1, -0.05) is 31.4 Å². The van der Waals surface area contributed by atoms with Crippen molar-refractivity contribution in [3.63, 3.8) is 0 Å². The maximum absolute atomic E-state index is 10.5. The molecule has 0 aliphatic heterocycles. The fraction of sp³-hybridized carbons (Fsp3) is 0.600. The Labute approximate surface area is 104 Å². The van der Waals surface area contributed by atoms with Crippen molar-refractivity contribution >= 4 is 0 Å².